The largest absolute Gasteiger partial charge is 0.477 e. The van der Waals surface area contributed by atoms with Gasteiger partial charge in [0, 0.05) is 34.4 Å². The van der Waals surface area contributed by atoms with E-state index in [1.807, 2.05) is 11.9 Å². The molecule has 0 fully saturated rings. The molecule has 0 radical (unpaired) electrons. The lowest BCUT2D eigenvalue weighted by molar-refractivity contribution is 0.0697. The predicted molar refractivity (Wildman–Crippen MR) is 69.5 cm³/mol. The van der Waals surface area contributed by atoms with Gasteiger partial charge in [0.05, 0.1) is 12.3 Å². The molecule has 7 heteroatoms. The van der Waals surface area contributed by atoms with Crippen molar-refractivity contribution in [2.45, 2.75) is 13.0 Å². The van der Waals surface area contributed by atoms with Crippen molar-refractivity contribution in [3.63, 3.8) is 0 Å². The Bertz CT molecular complexity index is 394. The standard InChI is InChI=1S/C11H18N2O4S/c1-13(5-4-6-16-2)11-12-8(7-17-3)9(18-11)10(14)15/h4-7H2,1-3H3,(H,14,15). The predicted octanol–water partition coefficient (Wildman–Crippen LogP) is 1.46. The van der Waals surface area contributed by atoms with Gasteiger partial charge in [-0.25, -0.2) is 9.78 Å². The molecular formula is C11H18N2O4S. The zero-order chi connectivity index (χ0) is 13.5. The summed E-state index contributed by atoms with van der Waals surface area (Å²) in [5.74, 6) is -0.962. The second kappa shape index (κ2) is 7.30. The molecule has 0 aromatic carbocycles. The van der Waals surface area contributed by atoms with Crippen molar-refractivity contribution in [3.05, 3.63) is 10.6 Å². The monoisotopic (exact) mass is 274 g/mol. The Hall–Kier alpha value is -1.18. The van der Waals surface area contributed by atoms with Crippen LogP contribution in [0.15, 0.2) is 0 Å². The highest BCUT2D eigenvalue weighted by Gasteiger charge is 2.18. The van der Waals surface area contributed by atoms with Gasteiger partial charge in [-0.3, -0.25) is 0 Å². The Morgan fingerprint density at radius 3 is 2.72 bits per heavy atom. The van der Waals surface area contributed by atoms with Gasteiger partial charge in [0.1, 0.15) is 4.88 Å². The lowest BCUT2D eigenvalue weighted by Crippen LogP contribution is -2.19. The lowest BCUT2D eigenvalue weighted by Gasteiger charge is -2.14. The van der Waals surface area contributed by atoms with Crippen LogP contribution in [0.4, 0.5) is 5.13 Å². The minimum absolute atomic E-state index is 0.212. The molecule has 6 nitrogen and oxygen atoms in total. The molecule has 0 aliphatic carbocycles. The van der Waals surface area contributed by atoms with Crippen molar-refractivity contribution in [1.29, 1.82) is 0 Å². The number of hydrogen-bond donors (Lipinski definition) is 1. The smallest absolute Gasteiger partial charge is 0.347 e. The van der Waals surface area contributed by atoms with E-state index in [1.54, 1.807) is 7.11 Å². The summed E-state index contributed by atoms with van der Waals surface area (Å²) in [4.78, 5) is 17.5. The number of anilines is 1. The Balaban J connectivity index is 2.76. The number of hydrogen-bond acceptors (Lipinski definition) is 6. The molecule has 1 aromatic rings. The molecule has 0 saturated heterocycles. The van der Waals surface area contributed by atoms with Gasteiger partial charge in [-0.05, 0) is 6.42 Å². The van der Waals surface area contributed by atoms with Crippen LogP contribution in [0, 0.1) is 0 Å². The van der Waals surface area contributed by atoms with Gasteiger partial charge >= 0.3 is 5.97 Å². The van der Waals surface area contributed by atoms with Gasteiger partial charge in [-0.2, -0.15) is 0 Å². The molecule has 0 aliphatic rings. The SMILES string of the molecule is COCCCN(C)c1nc(COC)c(C(=O)O)s1. The summed E-state index contributed by atoms with van der Waals surface area (Å²) in [5.41, 5.74) is 0.476. The van der Waals surface area contributed by atoms with Crippen molar-refractivity contribution >= 4 is 22.4 Å². The maximum atomic E-state index is 11.1. The highest BCUT2D eigenvalue weighted by atomic mass is 32.1. The molecule has 1 rings (SSSR count). The first-order valence-electron chi connectivity index (χ1n) is 5.52. The van der Waals surface area contributed by atoms with E-state index in [1.165, 1.54) is 18.4 Å². The number of methoxy groups -OCH3 is 2. The van der Waals surface area contributed by atoms with E-state index in [0.717, 1.165) is 13.0 Å². The zero-order valence-corrected chi connectivity index (χ0v) is 11.6. The van der Waals surface area contributed by atoms with Crippen LogP contribution >= 0.6 is 11.3 Å². The first kappa shape index (κ1) is 14.9. The molecule has 102 valence electrons. The number of carbonyl (C=O) groups is 1. The van der Waals surface area contributed by atoms with Gasteiger partial charge in [-0.15, -0.1) is 0 Å². The van der Waals surface area contributed by atoms with E-state index in [9.17, 15) is 4.79 Å². The average molecular weight is 274 g/mol. The zero-order valence-electron chi connectivity index (χ0n) is 10.8. The van der Waals surface area contributed by atoms with Crippen LogP contribution in [0.25, 0.3) is 0 Å². The lowest BCUT2D eigenvalue weighted by atomic mass is 10.4. The summed E-state index contributed by atoms with van der Waals surface area (Å²) < 4.78 is 9.93. The fraction of sp³-hybridized carbons (Fsp3) is 0.636. The maximum absolute atomic E-state index is 11.1. The molecule has 0 aliphatic heterocycles. The van der Waals surface area contributed by atoms with E-state index in [0.29, 0.717) is 17.4 Å². The van der Waals surface area contributed by atoms with Gasteiger partial charge in [0.15, 0.2) is 5.13 Å². The van der Waals surface area contributed by atoms with Gasteiger partial charge in [0.2, 0.25) is 0 Å². The summed E-state index contributed by atoms with van der Waals surface area (Å²) in [6.45, 7) is 1.66. The summed E-state index contributed by atoms with van der Waals surface area (Å²) in [7, 11) is 5.06. The second-order valence-corrected chi connectivity index (χ2v) is 4.76. The first-order valence-corrected chi connectivity index (χ1v) is 6.33. The topological polar surface area (TPSA) is 71.9 Å². The molecule has 0 saturated carbocycles. The number of aromatic nitrogens is 1. The highest BCUT2D eigenvalue weighted by molar-refractivity contribution is 7.17. The molecule has 0 bridgehead atoms. The number of carboxylic acid groups (broad SMARTS) is 1. The van der Waals surface area contributed by atoms with E-state index >= 15 is 0 Å². The maximum Gasteiger partial charge on any atom is 0.347 e. The quantitative estimate of drug-likeness (QED) is 0.724. The Morgan fingerprint density at radius 2 is 2.17 bits per heavy atom. The van der Waals surface area contributed by atoms with Crippen molar-refractivity contribution in [1.82, 2.24) is 4.98 Å². The van der Waals surface area contributed by atoms with E-state index in [4.69, 9.17) is 14.6 Å². The minimum atomic E-state index is -0.962. The second-order valence-electron chi connectivity index (χ2n) is 3.78. The first-order chi connectivity index (χ1) is 8.60. The molecule has 0 amide bonds. The molecule has 1 aromatic heterocycles. The third-order valence-electron chi connectivity index (χ3n) is 2.33. The third kappa shape index (κ3) is 3.94. The van der Waals surface area contributed by atoms with Crippen molar-refractivity contribution in [2.75, 3.05) is 39.3 Å². The van der Waals surface area contributed by atoms with Gasteiger partial charge < -0.3 is 19.5 Å². The highest BCUT2D eigenvalue weighted by Crippen LogP contribution is 2.26. The Kier molecular flexibility index (Phi) is 6.03. The molecular weight excluding hydrogens is 256 g/mol. The number of ether oxygens (including phenoxy) is 2. The van der Waals surface area contributed by atoms with Gasteiger partial charge in [-0.1, -0.05) is 11.3 Å². The van der Waals surface area contributed by atoms with Crippen molar-refractivity contribution in [3.8, 4) is 0 Å². The third-order valence-corrected chi connectivity index (χ3v) is 3.53. The van der Waals surface area contributed by atoms with Crippen molar-refractivity contribution in [2.24, 2.45) is 0 Å². The molecule has 0 unspecified atom stereocenters. The Labute approximate surface area is 110 Å². The molecule has 18 heavy (non-hydrogen) atoms. The van der Waals surface area contributed by atoms with Crippen LogP contribution in [-0.4, -0.2) is 50.5 Å². The number of aromatic carboxylic acids is 1. The van der Waals surface area contributed by atoms with Crippen LogP contribution in [0.2, 0.25) is 0 Å². The van der Waals surface area contributed by atoms with Crippen LogP contribution in [0.5, 0.6) is 0 Å². The van der Waals surface area contributed by atoms with E-state index in [-0.39, 0.29) is 11.5 Å². The fourth-order valence-electron chi connectivity index (χ4n) is 1.45. The van der Waals surface area contributed by atoms with Crippen LogP contribution in [0.1, 0.15) is 21.8 Å². The summed E-state index contributed by atoms with van der Waals surface area (Å²) in [6.07, 6.45) is 0.870. The van der Waals surface area contributed by atoms with Crippen LogP contribution in [0.3, 0.4) is 0 Å². The van der Waals surface area contributed by atoms with E-state index in [2.05, 4.69) is 4.98 Å². The van der Waals surface area contributed by atoms with E-state index < -0.39 is 5.97 Å². The van der Waals surface area contributed by atoms with Crippen LogP contribution in [-0.2, 0) is 16.1 Å². The molecule has 1 heterocycles. The fourth-order valence-corrected chi connectivity index (χ4v) is 2.34. The minimum Gasteiger partial charge on any atom is -0.477 e. The number of carboxylic acids is 1. The van der Waals surface area contributed by atoms with Crippen LogP contribution < -0.4 is 4.90 Å². The number of rotatable bonds is 8. The number of thiazole rings is 1. The summed E-state index contributed by atoms with van der Waals surface area (Å²) in [6, 6.07) is 0. The average Bonchev–Trinajstić information content (AvgIpc) is 2.74. The summed E-state index contributed by atoms with van der Waals surface area (Å²) in [5, 5.41) is 9.77. The van der Waals surface area contributed by atoms with Gasteiger partial charge in [0.25, 0.3) is 0 Å². The molecule has 0 spiro atoms. The van der Waals surface area contributed by atoms with Crippen molar-refractivity contribution < 1.29 is 19.4 Å². The Morgan fingerprint density at radius 1 is 1.44 bits per heavy atom. The number of nitrogens with zero attached hydrogens (tertiary/aromatic N) is 2. The summed E-state index contributed by atoms with van der Waals surface area (Å²) >= 11 is 1.17. The normalized spacial score (nSPS) is 10.6. The molecule has 0 atom stereocenters. The molecule has 1 N–H and O–H groups in total.